The molecular weight excluding hydrogens is 434 g/mol. The van der Waals surface area contributed by atoms with Crippen molar-refractivity contribution >= 4 is 5.84 Å². The third kappa shape index (κ3) is 5.07. The molecule has 0 amide bonds. The minimum atomic E-state index is 0.230. The molecule has 0 saturated heterocycles. The highest BCUT2D eigenvalue weighted by atomic mass is 15.3. The zero-order chi connectivity index (χ0) is 23.5. The largest absolute Gasteiger partial charge is 0.364 e. The first-order valence-corrected chi connectivity index (χ1v) is 13.2. The van der Waals surface area contributed by atoms with Crippen LogP contribution in [-0.2, 0) is 13.0 Å². The lowest BCUT2D eigenvalue weighted by Gasteiger charge is -2.43. The van der Waals surface area contributed by atoms with Crippen molar-refractivity contribution in [1.29, 1.82) is 0 Å². The van der Waals surface area contributed by atoms with Gasteiger partial charge in [0.15, 0.2) is 0 Å². The molecule has 2 N–H and O–H groups in total. The van der Waals surface area contributed by atoms with E-state index in [0.717, 1.165) is 31.2 Å². The van der Waals surface area contributed by atoms with E-state index in [-0.39, 0.29) is 6.04 Å². The lowest BCUT2D eigenvalue weighted by Crippen LogP contribution is -2.49. The summed E-state index contributed by atoms with van der Waals surface area (Å²) in [5.74, 6) is 2.00. The van der Waals surface area contributed by atoms with Gasteiger partial charge in [0.2, 0.25) is 0 Å². The molecule has 7 nitrogen and oxygen atoms in total. The van der Waals surface area contributed by atoms with Crippen molar-refractivity contribution in [2.45, 2.75) is 81.7 Å². The fraction of sp³-hybridized carbons (Fsp3) is 0.500. The Morgan fingerprint density at radius 3 is 2.63 bits per heavy atom. The van der Waals surface area contributed by atoms with Gasteiger partial charge in [-0.2, -0.15) is 0 Å². The molecule has 2 aromatic rings. The summed E-state index contributed by atoms with van der Waals surface area (Å²) >= 11 is 0. The average Bonchev–Trinajstić information content (AvgIpc) is 3.34. The molecule has 3 heterocycles. The van der Waals surface area contributed by atoms with Gasteiger partial charge in [-0.15, -0.1) is 0 Å². The summed E-state index contributed by atoms with van der Waals surface area (Å²) < 4.78 is 0. The zero-order valence-corrected chi connectivity index (χ0v) is 20.3. The highest BCUT2D eigenvalue weighted by Crippen LogP contribution is 2.37. The zero-order valence-electron chi connectivity index (χ0n) is 20.3. The van der Waals surface area contributed by atoms with Gasteiger partial charge in [-0.25, -0.2) is 9.97 Å². The monoisotopic (exact) mass is 469 g/mol. The molecule has 7 heteroatoms. The quantitative estimate of drug-likeness (QED) is 0.646. The Bertz CT molecular complexity index is 1090. The molecule has 0 spiro atoms. The number of hydrogen-bond acceptors (Lipinski definition) is 7. The molecule has 6 rings (SSSR count). The van der Waals surface area contributed by atoms with Crippen LogP contribution in [0.25, 0.3) is 0 Å². The van der Waals surface area contributed by atoms with Gasteiger partial charge in [-0.05, 0) is 62.6 Å². The lowest BCUT2D eigenvalue weighted by atomic mass is 9.85. The van der Waals surface area contributed by atoms with Crippen molar-refractivity contribution in [3.63, 3.8) is 0 Å². The van der Waals surface area contributed by atoms with Crippen LogP contribution in [0, 0.1) is 0 Å². The van der Waals surface area contributed by atoms with Gasteiger partial charge in [0, 0.05) is 30.7 Å². The van der Waals surface area contributed by atoms with Crippen molar-refractivity contribution in [2.75, 3.05) is 6.54 Å². The van der Waals surface area contributed by atoms with Crippen LogP contribution in [0.4, 0.5) is 0 Å². The van der Waals surface area contributed by atoms with Crippen molar-refractivity contribution in [1.82, 2.24) is 30.5 Å². The number of allylic oxidation sites excluding steroid dienone is 2. The normalized spacial score (nSPS) is 29.4. The Morgan fingerprint density at radius 2 is 1.77 bits per heavy atom. The molecule has 1 fully saturated rings. The summed E-state index contributed by atoms with van der Waals surface area (Å²) in [6, 6.07) is 8.19. The molecule has 1 saturated carbocycles. The first-order chi connectivity index (χ1) is 17.3. The van der Waals surface area contributed by atoms with Crippen molar-refractivity contribution in [2.24, 2.45) is 4.99 Å². The number of aryl methyl sites for hydroxylation is 1. The molecule has 0 aromatic carbocycles. The van der Waals surface area contributed by atoms with E-state index in [1.165, 1.54) is 49.8 Å². The van der Waals surface area contributed by atoms with E-state index in [2.05, 4.69) is 61.9 Å². The number of nitrogens with one attached hydrogen (secondary N) is 2. The number of nitrogens with zero attached hydrogens (tertiary/aromatic N) is 5. The van der Waals surface area contributed by atoms with Crippen LogP contribution in [0.3, 0.4) is 0 Å². The minimum Gasteiger partial charge on any atom is -0.364 e. The summed E-state index contributed by atoms with van der Waals surface area (Å²) in [5, 5.41) is 7.39. The smallest absolute Gasteiger partial charge is 0.141 e. The molecule has 4 aliphatic rings. The maximum atomic E-state index is 5.05. The van der Waals surface area contributed by atoms with E-state index in [9.17, 15) is 0 Å². The van der Waals surface area contributed by atoms with Gasteiger partial charge in [-0.1, -0.05) is 30.4 Å². The number of fused-ring (bicyclic) bond motifs is 2. The number of aliphatic imine (C=N–C) groups is 1. The van der Waals surface area contributed by atoms with Gasteiger partial charge in [0.1, 0.15) is 11.7 Å². The molecule has 1 aliphatic heterocycles. The Kier molecular flexibility index (Phi) is 6.69. The summed E-state index contributed by atoms with van der Waals surface area (Å²) in [4.78, 5) is 21.4. The lowest BCUT2D eigenvalue weighted by molar-refractivity contribution is 0.0997. The number of aromatic nitrogens is 3. The minimum absolute atomic E-state index is 0.230. The van der Waals surface area contributed by atoms with Crippen molar-refractivity contribution in [3.05, 3.63) is 78.2 Å². The second-order valence-electron chi connectivity index (χ2n) is 10.2. The Labute approximate surface area is 207 Å². The maximum Gasteiger partial charge on any atom is 0.141 e. The first kappa shape index (κ1) is 22.6. The number of hydrogen-bond donors (Lipinski definition) is 2. The maximum absolute atomic E-state index is 5.05. The molecule has 2 aromatic heterocycles. The number of pyridine rings is 1. The van der Waals surface area contributed by atoms with Crippen LogP contribution in [0.5, 0.6) is 0 Å². The van der Waals surface area contributed by atoms with Crippen molar-refractivity contribution in [3.8, 4) is 0 Å². The molecular formula is C28H35N7. The van der Waals surface area contributed by atoms with Gasteiger partial charge in [0.25, 0.3) is 0 Å². The summed E-state index contributed by atoms with van der Waals surface area (Å²) in [6.45, 7) is 1.61. The van der Waals surface area contributed by atoms with E-state index in [1.54, 1.807) is 0 Å². The van der Waals surface area contributed by atoms with E-state index in [0.29, 0.717) is 24.2 Å². The van der Waals surface area contributed by atoms with Gasteiger partial charge < -0.3 is 10.6 Å². The molecule has 182 valence electrons. The number of amidine groups is 1. The Morgan fingerprint density at radius 1 is 0.943 bits per heavy atom. The van der Waals surface area contributed by atoms with Crippen LogP contribution in [0.2, 0.25) is 0 Å². The molecule has 0 bridgehead atoms. The first-order valence-electron chi connectivity index (χ1n) is 13.2. The second-order valence-corrected chi connectivity index (χ2v) is 10.2. The van der Waals surface area contributed by atoms with E-state index in [1.807, 2.05) is 24.7 Å². The van der Waals surface area contributed by atoms with E-state index < -0.39 is 0 Å². The fourth-order valence-corrected chi connectivity index (χ4v) is 6.19. The van der Waals surface area contributed by atoms with Crippen LogP contribution in [0.1, 0.15) is 61.6 Å². The number of rotatable bonds is 7. The Balaban J connectivity index is 1.16. The topological polar surface area (TPSA) is 78.3 Å². The van der Waals surface area contributed by atoms with Crippen LogP contribution < -0.4 is 10.6 Å². The third-order valence-electron chi connectivity index (χ3n) is 7.98. The molecule has 35 heavy (non-hydrogen) atoms. The molecule has 3 unspecified atom stereocenters. The standard InChI is InChI=1S/C28H35N7/c1-2-9-24-23(8-1)33-27(34-24)19-35(25-10-3-6-20-7-4-15-31-28(20)25)22-13-11-21(12-14-22)32-18-26-29-16-5-17-30-26/h1-2,4-5,7-9,15-17,21-25,32H,3,6,10-14,18-19H2,(H,33,34). The average molecular weight is 470 g/mol. The van der Waals surface area contributed by atoms with E-state index in [4.69, 9.17) is 9.98 Å². The van der Waals surface area contributed by atoms with Crippen LogP contribution >= 0.6 is 0 Å². The predicted molar refractivity (Wildman–Crippen MR) is 138 cm³/mol. The van der Waals surface area contributed by atoms with Crippen LogP contribution in [0.15, 0.2) is 66.1 Å². The fourth-order valence-electron chi connectivity index (χ4n) is 6.19. The van der Waals surface area contributed by atoms with Crippen molar-refractivity contribution < 1.29 is 0 Å². The molecule has 3 aliphatic carbocycles. The second kappa shape index (κ2) is 10.4. The third-order valence-corrected chi connectivity index (χ3v) is 7.98. The highest BCUT2D eigenvalue weighted by molar-refractivity contribution is 5.87. The summed E-state index contributed by atoms with van der Waals surface area (Å²) in [7, 11) is 0. The van der Waals surface area contributed by atoms with Gasteiger partial charge in [-0.3, -0.25) is 14.9 Å². The summed E-state index contributed by atoms with van der Waals surface area (Å²) in [5.41, 5.74) is 2.71. The highest BCUT2D eigenvalue weighted by Gasteiger charge is 2.36. The van der Waals surface area contributed by atoms with Gasteiger partial charge in [0.05, 0.1) is 36.9 Å². The molecule has 3 atom stereocenters. The Hall–Kier alpha value is -2.90. The van der Waals surface area contributed by atoms with Crippen LogP contribution in [-0.4, -0.2) is 56.4 Å². The molecule has 0 radical (unpaired) electrons. The SMILES string of the molecule is C1=CC2N=C(CN(C3CCC(NCc4ncccn4)CC3)C3CCCc4cccnc43)NC2C=C1. The van der Waals surface area contributed by atoms with Gasteiger partial charge >= 0.3 is 0 Å². The summed E-state index contributed by atoms with van der Waals surface area (Å²) in [6.07, 6.45) is 22.5. The predicted octanol–water partition coefficient (Wildman–Crippen LogP) is 3.52. The van der Waals surface area contributed by atoms with E-state index >= 15 is 0 Å².